The van der Waals surface area contributed by atoms with Crippen molar-refractivity contribution >= 4 is 22.7 Å². The van der Waals surface area contributed by atoms with Crippen molar-refractivity contribution in [1.82, 2.24) is 0 Å². The monoisotopic (exact) mass is 313 g/mol. The van der Waals surface area contributed by atoms with Gasteiger partial charge in [0, 0.05) is 23.1 Å². The Balaban J connectivity index is 2.13. The molecule has 3 aromatic carbocycles. The van der Waals surface area contributed by atoms with E-state index in [2.05, 4.69) is 0 Å². The van der Waals surface area contributed by atoms with Gasteiger partial charge in [-0.25, -0.2) is 0 Å². The maximum absolute atomic E-state index is 12.2. The fourth-order valence-electron chi connectivity index (χ4n) is 2.59. The van der Waals surface area contributed by atoms with Crippen LogP contribution in [0.25, 0.3) is 5.57 Å². The molecule has 0 aliphatic heterocycles. The van der Waals surface area contributed by atoms with Gasteiger partial charge in [0.05, 0.1) is 0 Å². The van der Waals surface area contributed by atoms with E-state index in [1.165, 1.54) is 0 Å². The first-order valence-corrected chi connectivity index (χ1v) is 7.93. The number of para-hydroxylation sites is 2. The minimum atomic E-state index is 0.0399. The molecule has 0 bridgehead atoms. The number of allylic oxidation sites excluding steroid dienone is 1. The zero-order valence-electron chi connectivity index (χ0n) is 13.6. The fourth-order valence-corrected chi connectivity index (χ4v) is 2.59. The van der Waals surface area contributed by atoms with Crippen LogP contribution in [-0.4, -0.2) is 5.78 Å². The number of anilines is 2. The van der Waals surface area contributed by atoms with Crippen molar-refractivity contribution in [3.8, 4) is 0 Å². The molecule has 0 aliphatic carbocycles. The predicted molar refractivity (Wildman–Crippen MR) is 100 cm³/mol. The summed E-state index contributed by atoms with van der Waals surface area (Å²) >= 11 is 0. The maximum atomic E-state index is 12.2. The van der Waals surface area contributed by atoms with E-state index in [0.29, 0.717) is 5.57 Å². The molecule has 0 radical (unpaired) electrons. The number of carbonyl (C=O) groups is 1. The van der Waals surface area contributed by atoms with Crippen molar-refractivity contribution in [2.24, 2.45) is 0 Å². The molecule has 0 heterocycles. The number of hydrogen-bond acceptors (Lipinski definition) is 2. The third-order valence-electron chi connectivity index (χ3n) is 3.79. The Kier molecular flexibility index (Phi) is 4.87. The summed E-state index contributed by atoms with van der Waals surface area (Å²) in [5.74, 6) is 0.0399. The highest BCUT2D eigenvalue weighted by Gasteiger charge is 2.12. The fraction of sp³-hybridized carbons (Fsp3) is 0.0455. The molecule has 0 N–H and O–H groups in total. The highest BCUT2D eigenvalue weighted by Crippen LogP contribution is 2.28. The van der Waals surface area contributed by atoms with Gasteiger partial charge >= 0.3 is 0 Å². The predicted octanol–water partition coefficient (Wildman–Crippen LogP) is 5.45. The lowest BCUT2D eigenvalue weighted by Gasteiger charge is -2.22. The molecule has 0 unspecified atom stereocenters. The summed E-state index contributed by atoms with van der Waals surface area (Å²) in [6.07, 6.45) is 1.92. The first kappa shape index (κ1) is 15.8. The molecule has 3 rings (SSSR count). The molecule has 118 valence electrons. The second-order valence-corrected chi connectivity index (χ2v) is 5.51. The van der Waals surface area contributed by atoms with Crippen LogP contribution in [0.3, 0.4) is 0 Å². The van der Waals surface area contributed by atoms with Crippen molar-refractivity contribution < 1.29 is 4.79 Å². The SMILES string of the molecule is CC(=O)/C(=C\N(c1ccccc1)c1ccccc1)c1ccccc1. The first-order chi connectivity index (χ1) is 11.8. The maximum Gasteiger partial charge on any atom is 0.161 e. The van der Waals surface area contributed by atoms with E-state index in [0.717, 1.165) is 16.9 Å². The third kappa shape index (κ3) is 3.61. The second kappa shape index (κ2) is 7.42. The average Bonchev–Trinajstić information content (AvgIpc) is 2.64. The molecule has 0 saturated heterocycles. The van der Waals surface area contributed by atoms with Crippen LogP contribution in [0.1, 0.15) is 12.5 Å². The molecule has 0 aliphatic rings. The summed E-state index contributed by atoms with van der Waals surface area (Å²) in [4.78, 5) is 14.3. The van der Waals surface area contributed by atoms with Crippen molar-refractivity contribution in [3.63, 3.8) is 0 Å². The first-order valence-electron chi connectivity index (χ1n) is 7.93. The topological polar surface area (TPSA) is 20.3 Å². The molecule has 2 nitrogen and oxygen atoms in total. The van der Waals surface area contributed by atoms with Crippen LogP contribution in [0.4, 0.5) is 11.4 Å². The molecule has 0 aromatic heterocycles. The molecule has 24 heavy (non-hydrogen) atoms. The van der Waals surface area contributed by atoms with Crippen LogP contribution in [0.2, 0.25) is 0 Å². The summed E-state index contributed by atoms with van der Waals surface area (Å²) in [6, 6.07) is 29.9. The Morgan fingerprint density at radius 3 is 1.54 bits per heavy atom. The Morgan fingerprint density at radius 2 is 1.12 bits per heavy atom. The van der Waals surface area contributed by atoms with E-state index in [9.17, 15) is 4.79 Å². The van der Waals surface area contributed by atoms with Crippen LogP contribution in [-0.2, 0) is 4.79 Å². The Hall–Kier alpha value is -3.13. The molecular weight excluding hydrogens is 294 g/mol. The smallest absolute Gasteiger partial charge is 0.161 e. The Morgan fingerprint density at radius 1 is 0.708 bits per heavy atom. The van der Waals surface area contributed by atoms with Gasteiger partial charge < -0.3 is 4.90 Å². The molecule has 3 aromatic rings. The van der Waals surface area contributed by atoms with Gasteiger partial charge in [-0.3, -0.25) is 4.79 Å². The van der Waals surface area contributed by atoms with E-state index in [1.807, 2.05) is 102 Å². The Labute approximate surface area is 142 Å². The lowest BCUT2D eigenvalue weighted by atomic mass is 10.0. The molecule has 0 saturated carbocycles. The number of carbonyl (C=O) groups excluding carboxylic acids is 1. The quantitative estimate of drug-likeness (QED) is 0.583. The van der Waals surface area contributed by atoms with Crippen molar-refractivity contribution in [3.05, 3.63) is 103 Å². The highest BCUT2D eigenvalue weighted by atomic mass is 16.1. The number of nitrogens with zero attached hydrogens (tertiary/aromatic N) is 1. The van der Waals surface area contributed by atoms with E-state index in [1.54, 1.807) is 6.92 Å². The van der Waals surface area contributed by atoms with Crippen molar-refractivity contribution in [1.29, 1.82) is 0 Å². The zero-order chi connectivity index (χ0) is 16.8. The summed E-state index contributed by atoms with van der Waals surface area (Å²) in [7, 11) is 0. The number of benzene rings is 3. The van der Waals surface area contributed by atoms with Crippen LogP contribution >= 0.6 is 0 Å². The minimum absolute atomic E-state index is 0.0399. The summed E-state index contributed by atoms with van der Waals surface area (Å²) in [5.41, 5.74) is 3.63. The molecular formula is C22H19NO. The molecule has 0 fully saturated rings. The minimum Gasteiger partial charge on any atom is -0.316 e. The summed E-state index contributed by atoms with van der Waals surface area (Å²) < 4.78 is 0. The highest BCUT2D eigenvalue weighted by molar-refractivity contribution is 6.20. The van der Waals surface area contributed by atoms with E-state index in [-0.39, 0.29) is 5.78 Å². The Bertz CT molecular complexity index is 784. The van der Waals surface area contributed by atoms with Gasteiger partial charge in [-0.2, -0.15) is 0 Å². The van der Waals surface area contributed by atoms with Gasteiger partial charge in [0.1, 0.15) is 0 Å². The normalized spacial score (nSPS) is 11.1. The molecule has 2 heteroatoms. The van der Waals surface area contributed by atoms with Gasteiger partial charge in [0.15, 0.2) is 5.78 Å². The van der Waals surface area contributed by atoms with E-state index >= 15 is 0 Å². The zero-order valence-corrected chi connectivity index (χ0v) is 13.6. The summed E-state index contributed by atoms with van der Waals surface area (Å²) in [6.45, 7) is 1.60. The molecule has 0 spiro atoms. The molecule has 0 atom stereocenters. The summed E-state index contributed by atoms with van der Waals surface area (Å²) in [5, 5.41) is 0. The largest absolute Gasteiger partial charge is 0.316 e. The van der Waals surface area contributed by atoms with E-state index < -0.39 is 0 Å². The number of Topliss-reactive ketones (excluding diaryl/α,β-unsaturated/α-hetero) is 1. The lowest BCUT2D eigenvalue weighted by Crippen LogP contribution is -2.11. The number of ketones is 1. The molecule has 0 amide bonds. The van der Waals surface area contributed by atoms with E-state index in [4.69, 9.17) is 0 Å². The van der Waals surface area contributed by atoms with Gasteiger partial charge in [-0.1, -0.05) is 66.7 Å². The average molecular weight is 313 g/mol. The van der Waals surface area contributed by atoms with Crippen LogP contribution in [0.15, 0.2) is 97.2 Å². The van der Waals surface area contributed by atoms with Gasteiger partial charge in [-0.05, 0) is 36.8 Å². The van der Waals surface area contributed by atoms with Gasteiger partial charge in [0.2, 0.25) is 0 Å². The standard InChI is InChI=1S/C22H19NO/c1-18(24)22(19-11-5-2-6-12-19)17-23(20-13-7-3-8-14-20)21-15-9-4-10-16-21/h2-17H,1H3/b22-17+. The van der Waals surface area contributed by atoms with Gasteiger partial charge in [0.25, 0.3) is 0 Å². The van der Waals surface area contributed by atoms with Crippen LogP contribution in [0, 0.1) is 0 Å². The number of hydrogen-bond donors (Lipinski definition) is 0. The van der Waals surface area contributed by atoms with Crippen LogP contribution < -0.4 is 4.90 Å². The van der Waals surface area contributed by atoms with Crippen molar-refractivity contribution in [2.75, 3.05) is 4.90 Å². The lowest BCUT2D eigenvalue weighted by molar-refractivity contribution is -0.111. The second-order valence-electron chi connectivity index (χ2n) is 5.51. The number of rotatable bonds is 5. The third-order valence-corrected chi connectivity index (χ3v) is 3.79. The van der Waals surface area contributed by atoms with Gasteiger partial charge in [-0.15, -0.1) is 0 Å². The van der Waals surface area contributed by atoms with Crippen molar-refractivity contribution in [2.45, 2.75) is 6.92 Å². The van der Waals surface area contributed by atoms with Crippen LogP contribution in [0.5, 0.6) is 0 Å².